The highest BCUT2D eigenvalue weighted by molar-refractivity contribution is 7.47. The normalized spacial score (nSPS) is 51.9. The first-order valence-corrected chi connectivity index (χ1v) is 4.28. The quantitative estimate of drug-likeness (QED) is 0.439. The van der Waals surface area contributed by atoms with Gasteiger partial charge in [-0.3, -0.25) is 9.05 Å². The Hall–Kier alpha value is 0.400. The van der Waals surface area contributed by atoms with Crippen LogP contribution in [0, 0.1) is 0 Å². The number of alkyl halides is 1. The zero-order chi connectivity index (χ0) is 7.07. The summed E-state index contributed by atoms with van der Waals surface area (Å²) in [6, 6.07) is 0. The fourth-order valence-electron chi connectivity index (χ4n) is 0.496. The predicted molar refractivity (Wildman–Crippen MR) is 31.1 cm³/mol. The van der Waals surface area contributed by atoms with Crippen LogP contribution in [0.1, 0.15) is 6.92 Å². The van der Waals surface area contributed by atoms with E-state index in [0.717, 1.165) is 0 Å². The van der Waals surface area contributed by atoms with Crippen molar-refractivity contribution in [2.75, 3.05) is 0 Å². The van der Waals surface area contributed by atoms with Crippen LogP contribution < -0.4 is 0 Å². The summed E-state index contributed by atoms with van der Waals surface area (Å²) in [7, 11) is -3.79. The molecule has 6 heteroatoms. The van der Waals surface area contributed by atoms with E-state index in [1.807, 2.05) is 0 Å². The summed E-state index contributed by atoms with van der Waals surface area (Å²) in [6.07, 6.45) is -0.512. The molecule has 0 aliphatic carbocycles. The second-order valence-corrected chi connectivity index (χ2v) is 3.52. The highest BCUT2D eigenvalue weighted by Crippen LogP contribution is 2.53. The second kappa shape index (κ2) is 2.22. The van der Waals surface area contributed by atoms with Gasteiger partial charge in [-0.15, -0.1) is 0 Å². The molecule has 1 aliphatic rings. The van der Waals surface area contributed by atoms with Crippen LogP contribution in [0.15, 0.2) is 0 Å². The lowest BCUT2D eigenvalue weighted by Gasteiger charge is -1.97. The van der Waals surface area contributed by atoms with Gasteiger partial charge >= 0.3 is 7.82 Å². The van der Waals surface area contributed by atoms with Crippen molar-refractivity contribution in [2.24, 2.45) is 0 Å². The summed E-state index contributed by atoms with van der Waals surface area (Å²) in [5, 5.41) is 0. The molecule has 0 radical (unpaired) electrons. The Balaban J connectivity index is 2.65. The number of hydrogen-bond donors (Lipinski definition) is 1. The third-order valence-corrected chi connectivity index (χ3v) is 2.56. The zero-order valence-electron chi connectivity index (χ0n) is 4.65. The second-order valence-electron chi connectivity index (χ2n) is 1.74. The van der Waals surface area contributed by atoms with E-state index in [0.29, 0.717) is 0 Å². The molecule has 0 aromatic heterocycles. The van der Waals surface area contributed by atoms with Crippen LogP contribution in [0.3, 0.4) is 0 Å². The minimum Gasteiger partial charge on any atom is -0.302 e. The van der Waals surface area contributed by atoms with E-state index >= 15 is 0 Å². The summed E-state index contributed by atoms with van der Waals surface area (Å²) in [5.74, 6) is 0. The van der Waals surface area contributed by atoms with Crippen LogP contribution in [0.5, 0.6) is 0 Å². The molecule has 0 spiro atoms. The maximum absolute atomic E-state index is 10.5. The molecule has 9 heavy (non-hydrogen) atoms. The van der Waals surface area contributed by atoms with Gasteiger partial charge in [0.2, 0.25) is 0 Å². The van der Waals surface area contributed by atoms with Gasteiger partial charge in [0.15, 0.2) is 5.56 Å². The predicted octanol–water partition coefficient (Wildman–Crippen LogP) is 1.09. The molecular weight excluding hydrogens is 166 g/mol. The molecule has 54 valence electrons. The Morgan fingerprint density at radius 1 is 1.67 bits per heavy atom. The largest absolute Gasteiger partial charge is 0.474 e. The Labute approximate surface area is 57.3 Å². The van der Waals surface area contributed by atoms with Gasteiger partial charge in [-0.2, -0.15) is 0 Å². The van der Waals surface area contributed by atoms with Gasteiger partial charge < -0.3 is 4.89 Å². The maximum Gasteiger partial charge on any atom is 0.474 e. The van der Waals surface area contributed by atoms with Gasteiger partial charge in [-0.25, -0.2) is 4.57 Å². The summed E-state index contributed by atoms with van der Waals surface area (Å²) >= 11 is 5.37. The van der Waals surface area contributed by atoms with E-state index in [-0.39, 0.29) is 0 Å². The van der Waals surface area contributed by atoms with Crippen molar-refractivity contribution in [3.05, 3.63) is 0 Å². The third-order valence-electron chi connectivity index (χ3n) is 0.902. The molecule has 1 N–H and O–H groups in total. The molecule has 4 nitrogen and oxygen atoms in total. The van der Waals surface area contributed by atoms with Crippen LogP contribution in [0.2, 0.25) is 0 Å². The van der Waals surface area contributed by atoms with Crippen molar-refractivity contribution in [1.29, 1.82) is 0 Å². The number of halogens is 1. The lowest BCUT2D eigenvalue weighted by atomic mass is 10.4. The third kappa shape index (κ3) is 1.66. The van der Waals surface area contributed by atoms with Crippen molar-refractivity contribution in [3.63, 3.8) is 0 Å². The molecule has 0 aromatic carbocycles. The molecule has 0 saturated carbocycles. The van der Waals surface area contributed by atoms with Crippen LogP contribution in [0.25, 0.3) is 0 Å². The molecule has 1 fully saturated rings. The van der Waals surface area contributed by atoms with Crippen molar-refractivity contribution >= 4 is 19.4 Å². The van der Waals surface area contributed by atoms with E-state index in [9.17, 15) is 4.57 Å². The molecule has 0 aromatic rings. The topological polar surface area (TPSA) is 55.8 Å². The average molecular weight is 173 g/mol. The molecule has 1 aliphatic heterocycles. The van der Waals surface area contributed by atoms with Gasteiger partial charge in [0.05, 0.1) is 0 Å². The van der Waals surface area contributed by atoms with Crippen LogP contribution >= 0.6 is 19.4 Å². The fraction of sp³-hybridized carbons (Fsp3) is 1.00. The van der Waals surface area contributed by atoms with Crippen LogP contribution in [0.4, 0.5) is 0 Å². The van der Waals surface area contributed by atoms with E-state index < -0.39 is 19.5 Å². The Morgan fingerprint density at radius 2 is 2.22 bits per heavy atom. The standard InChI is InChI=1S/C3H6ClO4P/c1-2-3(4)8-9(5,6)7-2/h2-3H,1H3,(H,5,6). The molecule has 1 heterocycles. The van der Waals surface area contributed by atoms with Crippen LogP contribution in [-0.4, -0.2) is 16.6 Å². The first-order chi connectivity index (χ1) is 4.01. The number of hydrogen-bond acceptors (Lipinski definition) is 3. The average Bonchev–Trinajstić information content (AvgIpc) is 1.79. The Kier molecular flexibility index (Phi) is 1.85. The molecule has 1 rings (SSSR count). The van der Waals surface area contributed by atoms with Crippen LogP contribution in [-0.2, 0) is 13.6 Å². The molecule has 0 amide bonds. The fourth-order valence-corrected chi connectivity index (χ4v) is 1.93. The first-order valence-electron chi connectivity index (χ1n) is 2.35. The van der Waals surface area contributed by atoms with E-state index in [1.54, 1.807) is 6.92 Å². The molecule has 1 saturated heterocycles. The number of phosphoric acid groups is 1. The smallest absolute Gasteiger partial charge is 0.302 e. The number of phosphoric ester groups is 1. The number of rotatable bonds is 0. The lowest BCUT2D eigenvalue weighted by molar-refractivity contribution is 0.223. The van der Waals surface area contributed by atoms with Gasteiger partial charge in [0.25, 0.3) is 0 Å². The van der Waals surface area contributed by atoms with E-state index in [1.165, 1.54) is 0 Å². The van der Waals surface area contributed by atoms with Crippen molar-refractivity contribution in [3.8, 4) is 0 Å². The first kappa shape index (κ1) is 7.51. The minimum absolute atomic E-state index is 0.512. The highest BCUT2D eigenvalue weighted by atomic mass is 35.5. The molecule has 3 atom stereocenters. The van der Waals surface area contributed by atoms with Crippen molar-refractivity contribution in [1.82, 2.24) is 0 Å². The summed E-state index contributed by atoms with van der Waals surface area (Å²) in [4.78, 5) is 8.56. The van der Waals surface area contributed by atoms with E-state index in [2.05, 4.69) is 9.05 Å². The van der Waals surface area contributed by atoms with Gasteiger partial charge in [0, 0.05) is 0 Å². The van der Waals surface area contributed by atoms with Gasteiger partial charge in [0.1, 0.15) is 6.10 Å². The summed E-state index contributed by atoms with van der Waals surface area (Å²) < 4.78 is 19.2. The lowest BCUT2D eigenvalue weighted by Crippen LogP contribution is -2.10. The summed E-state index contributed by atoms with van der Waals surface area (Å²) in [6.45, 7) is 1.56. The maximum atomic E-state index is 10.5. The SMILES string of the molecule is CC1OP(=O)(O)OC1Cl. The highest BCUT2D eigenvalue weighted by Gasteiger charge is 2.39. The Morgan fingerprint density at radius 3 is 2.33 bits per heavy atom. The van der Waals surface area contributed by atoms with Crippen molar-refractivity contribution in [2.45, 2.75) is 18.6 Å². The molecule has 3 unspecified atom stereocenters. The zero-order valence-corrected chi connectivity index (χ0v) is 6.30. The van der Waals surface area contributed by atoms with Gasteiger partial charge in [-0.05, 0) is 6.92 Å². The van der Waals surface area contributed by atoms with Crippen molar-refractivity contribution < 1.29 is 18.5 Å². The molecule has 0 bridgehead atoms. The summed E-state index contributed by atoms with van der Waals surface area (Å²) in [5.41, 5.74) is -0.805. The molecular formula is C3H6ClO4P. The van der Waals surface area contributed by atoms with E-state index in [4.69, 9.17) is 16.5 Å². The Bertz CT molecular complexity index is 146. The monoisotopic (exact) mass is 172 g/mol. The minimum atomic E-state index is -3.79. The van der Waals surface area contributed by atoms with Gasteiger partial charge in [-0.1, -0.05) is 11.6 Å².